The summed E-state index contributed by atoms with van der Waals surface area (Å²) in [6.07, 6.45) is 5.09. The van der Waals surface area contributed by atoms with Gasteiger partial charge in [-0.05, 0) is 6.92 Å². The SMILES string of the molecule is C#CC(C)NC(CO)(CO)CO. The summed E-state index contributed by atoms with van der Waals surface area (Å²) >= 11 is 0. The molecule has 0 spiro atoms. The maximum absolute atomic E-state index is 8.87. The molecule has 1 unspecified atom stereocenters. The molecule has 4 nitrogen and oxygen atoms in total. The zero-order chi connectivity index (χ0) is 9.61. The van der Waals surface area contributed by atoms with E-state index < -0.39 is 5.54 Å². The van der Waals surface area contributed by atoms with Crippen LogP contribution in [0, 0.1) is 12.3 Å². The summed E-state index contributed by atoms with van der Waals surface area (Å²) in [7, 11) is 0. The van der Waals surface area contributed by atoms with E-state index >= 15 is 0 Å². The molecule has 0 rings (SSSR count). The third-order valence-corrected chi connectivity index (χ3v) is 1.68. The maximum Gasteiger partial charge on any atom is 0.0890 e. The minimum Gasteiger partial charge on any atom is -0.394 e. The summed E-state index contributed by atoms with van der Waals surface area (Å²) in [5, 5.41) is 29.4. The Morgan fingerprint density at radius 2 is 1.75 bits per heavy atom. The van der Waals surface area contributed by atoms with Crippen LogP contribution in [0.1, 0.15) is 6.92 Å². The molecule has 0 heterocycles. The predicted octanol–water partition coefficient (Wildman–Crippen LogP) is -1.69. The van der Waals surface area contributed by atoms with E-state index in [0.29, 0.717) is 0 Å². The Labute approximate surface area is 72.2 Å². The molecule has 1 atom stereocenters. The number of rotatable bonds is 5. The lowest BCUT2D eigenvalue weighted by Gasteiger charge is -2.30. The second-order valence-electron chi connectivity index (χ2n) is 2.79. The zero-order valence-electron chi connectivity index (χ0n) is 7.12. The molecule has 0 aromatic rings. The summed E-state index contributed by atoms with van der Waals surface area (Å²) in [6.45, 7) is 0.639. The Morgan fingerprint density at radius 1 is 1.33 bits per heavy atom. The van der Waals surface area contributed by atoms with Crippen molar-refractivity contribution in [2.24, 2.45) is 0 Å². The lowest BCUT2D eigenvalue weighted by Crippen LogP contribution is -2.57. The number of aliphatic hydroxyl groups is 3. The lowest BCUT2D eigenvalue weighted by atomic mass is 10.0. The first-order valence-corrected chi connectivity index (χ1v) is 3.70. The van der Waals surface area contributed by atoms with Gasteiger partial charge in [0.15, 0.2) is 0 Å². The molecule has 0 saturated heterocycles. The van der Waals surface area contributed by atoms with Gasteiger partial charge in [0.05, 0.1) is 31.4 Å². The van der Waals surface area contributed by atoms with Crippen LogP contribution in [0.15, 0.2) is 0 Å². The molecule has 4 heteroatoms. The normalized spacial score (nSPS) is 13.9. The van der Waals surface area contributed by atoms with Gasteiger partial charge in [0.1, 0.15) is 0 Å². The number of aliphatic hydroxyl groups excluding tert-OH is 3. The standard InChI is InChI=1S/C8H15NO3/c1-3-7(2)9-8(4-10,5-11)6-12/h1,7,9-12H,4-6H2,2H3. The van der Waals surface area contributed by atoms with E-state index in [1.807, 2.05) is 0 Å². The first-order valence-electron chi connectivity index (χ1n) is 3.70. The molecule has 0 saturated carbocycles. The highest BCUT2D eigenvalue weighted by Gasteiger charge is 2.28. The lowest BCUT2D eigenvalue weighted by molar-refractivity contribution is 0.0397. The fourth-order valence-corrected chi connectivity index (χ4v) is 0.788. The van der Waals surface area contributed by atoms with Crippen molar-refractivity contribution < 1.29 is 15.3 Å². The number of nitrogens with one attached hydrogen (secondary N) is 1. The molecule has 0 radical (unpaired) electrons. The van der Waals surface area contributed by atoms with Crippen LogP contribution in [-0.2, 0) is 0 Å². The average molecular weight is 173 g/mol. The maximum atomic E-state index is 8.87. The molecule has 0 aromatic carbocycles. The molecule has 0 aliphatic rings. The van der Waals surface area contributed by atoms with E-state index in [1.54, 1.807) is 6.92 Å². The van der Waals surface area contributed by atoms with Gasteiger partial charge in [-0.15, -0.1) is 6.42 Å². The smallest absolute Gasteiger partial charge is 0.0890 e. The summed E-state index contributed by atoms with van der Waals surface area (Å²) < 4.78 is 0. The molecular weight excluding hydrogens is 158 g/mol. The minimum atomic E-state index is -1.08. The Balaban J connectivity index is 4.22. The summed E-state index contributed by atoms with van der Waals surface area (Å²) in [6, 6.07) is -0.295. The second-order valence-corrected chi connectivity index (χ2v) is 2.79. The van der Waals surface area contributed by atoms with E-state index in [1.165, 1.54) is 0 Å². The van der Waals surface area contributed by atoms with E-state index in [9.17, 15) is 0 Å². The number of terminal acetylenes is 1. The van der Waals surface area contributed by atoms with Crippen molar-refractivity contribution in [1.29, 1.82) is 0 Å². The van der Waals surface area contributed by atoms with Gasteiger partial charge in [-0.25, -0.2) is 0 Å². The Kier molecular flexibility index (Phi) is 4.86. The molecule has 0 aliphatic heterocycles. The monoisotopic (exact) mass is 173 g/mol. The molecule has 0 aliphatic carbocycles. The van der Waals surface area contributed by atoms with Crippen LogP contribution < -0.4 is 5.32 Å². The molecule has 70 valence electrons. The fourth-order valence-electron chi connectivity index (χ4n) is 0.788. The second kappa shape index (κ2) is 5.12. The van der Waals surface area contributed by atoms with Gasteiger partial charge in [-0.2, -0.15) is 0 Å². The number of hydrogen-bond acceptors (Lipinski definition) is 4. The van der Waals surface area contributed by atoms with Gasteiger partial charge in [-0.1, -0.05) is 5.92 Å². The third-order valence-electron chi connectivity index (χ3n) is 1.68. The van der Waals surface area contributed by atoms with E-state index in [2.05, 4.69) is 11.2 Å². The summed E-state index contributed by atoms with van der Waals surface area (Å²) in [5.74, 6) is 2.38. The van der Waals surface area contributed by atoms with Crippen molar-refractivity contribution in [3.05, 3.63) is 0 Å². The molecule has 12 heavy (non-hydrogen) atoms. The van der Waals surface area contributed by atoms with Crippen molar-refractivity contribution in [2.75, 3.05) is 19.8 Å². The highest BCUT2D eigenvalue weighted by atomic mass is 16.3. The quantitative estimate of drug-likeness (QED) is 0.374. The highest BCUT2D eigenvalue weighted by molar-refractivity contribution is 5.01. The van der Waals surface area contributed by atoms with Crippen LogP contribution in [0.2, 0.25) is 0 Å². The van der Waals surface area contributed by atoms with Gasteiger partial charge in [-0.3, -0.25) is 5.32 Å². The topological polar surface area (TPSA) is 72.7 Å². The van der Waals surface area contributed by atoms with Crippen LogP contribution in [0.3, 0.4) is 0 Å². The number of hydrogen-bond donors (Lipinski definition) is 4. The van der Waals surface area contributed by atoms with Crippen molar-refractivity contribution >= 4 is 0 Å². The van der Waals surface area contributed by atoms with Gasteiger partial charge in [0.2, 0.25) is 0 Å². The van der Waals surface area contributed by atoms with Gasteiger partial charge < -0.3 is 15.3 Å². The first-order chi connectivity index (χ1) is 5.64. The predicted molar refractivity (Wildman–Crippen MR) is 45.4 cm³/mol. The molecule has 0 aromatic heterocycles. The zero-order valence-corrected chi connectivity index (χ0v) is 7.12. The van der Waals surface area contributed by atoms with Crippen LogP contribution in [0.25, 0.3) is 0 Å². The largest absolute Gasteiger partial charge is 0.394 e. The van der Waals surface area contributed by atoms with Crippen LogP contribution in [0.4, 0.5) is 0 Å². The van der Waals surface area contributed by atoms with Gasteiger partial charge in [0.25, 0.3) is 0 Å². The van der Waals surface area contributed by atoms with Crippen molar-refractivity contribution in [2.45, 2.75) is 18.5 Å². The fraction of sp³-hybridized carbons (Fsp3) is 0.750. The highest BCUT2D eigenvalue weighted by Crippen LogP contribution is 2.02. The van der Waals surface area contributed by atoms with E-state index in [4.69, 9.17) is 21.7 Å². The van der Waals surface area contributed by atoms with Crippen LogP contribution in [0.5, 0.6) is 0 Å². The average Bonchev–Trinajstić information content (AvgIpc) is 2.14. The first kappa shape index (κ1) is 11.4. The molecule has 0 amide bonds. The van der Waals surface area contributed by atoms with E-state index in [0.717, 1.165) is 0 Å². The Hall–Kier alpha value is -0.600. The summed E-state index contributed by atoms with van der Waals surface area (Å²) in [5.41, 5.74) is -1.08. The van der Waals surface area contributed by atoms with Crippen molar-refractivity contribution in [3.8, 4) is 12.3 Å². The van der Waals surface area contributed by atoms with Crippen LogP contribution in [-0.4, -0.2) is 46.7 Å². The minimum absolute atomic E-state index is 0.295. The molecular formula is C8H15NO3. The van der Waals surface area contributed by atoms with Crippen LogP contribution >= 0.6 is 0 Å². The van der Waals surface area contributed by atoms with Gasteiger partial charge >= 0.3 is 0 Å². The Bertz CT molecular complexity index is 152. The molecule has 0 fully saturated rings. The summed E-state index contributed by atoms with van der Waals surface area (Å²) in [4.78, 5) is 0. The Morgan fingerprint density at radius 3 is 2.00 bits per heavy atom. The van der Waals surface area contributed by atoms with E-state index in [-0.39, 0.29) is 25.9 Å². The van der Waals surface area contributed by atoms with Crippen molar-refractivity contribution in [3.63, 3.8) is 0 Å². The van der Waals surface area contributed by atoms with Gasteiger partial charge in [0, 0.05) is 0 Å². The van der Waals surface area contributed by atoms with Crippen molar-refractivity contribution in [1.82, 2.24) is 5.32 Å². The third kappa shape index (κ3) is 2.80. The molecule has 4 N–H and O–H groups in total. The molecule has 0 bridgehead atoms.